The predicted molar refractivity (Wildman–Crippen MR) is 63.4 cm³/mol. The molecule has 0 aliphatic rings. The molecule has 0 fully saturated rings. The summed E-state index contributed by atoms with van der Waals surface area (Å²) in [6.45, 7) is 1.91. The smallest absolute Gasteiger partial charge is 0.108 e. The van der Waals surface area contributed by atoms with Crippen LogP contribution in [-0.2, 0) is 6.42 Å². The van der Waals surface area contributed by atoms with Crippen LogP contribution in [0.1, 0.15) is 23.1 Å². The van der Waals surface area contributed by atoms with E-state index in [-0.39, 0.29) is 0 Å². The van der Waals surface area contributed by atoms with Crippen LogP contribution in [0.15, 0.2) is 30.6 Å². The Morgan fingerprint density at radius 1 is 1.50 bits per heavy atom. The lowest BCUT2D eigenvalue weighted by Gasteiger charge is -2.13. The van der Waals surface area contributed by atoms with Crippen LogP contribution in [0.3, 0.4) is 0 Å². The van der Waals surface area contributed by atoms with E-state index < -0.39 is 6.10 Å². The van der Waals surface area contributed by atoms with Crippen LogP contribution in [0.4, 0.5) is 0 Å². The third kappa shape index (κ3) is 2.26. The first kappa shape index (κ1) is 11.2. The fourth-order valence-corrected chi connectivity index (χ4v) is 1.87. The highest BCUT2D eigenvalue weighted by Gasteiger charge is 2.13. The summed E-state index contributed by atoms with van der Waals surface area (Å²) in [5.74, 6) is 0.770. The van der Waals surface area contributed by atoms with E-state index in [9.17, 15) is 5.11 Å². The molecule has 16 heavy (non-hydrogen) atoms. The molecule has 1 aromatic heterocycles. The predicted octanol–water partition coefficient (Wildman–Crippen LogP) is 2.65. The number of aliphatic hydroxyl groups excluding tert-OH is 1. The first-order valence-corrected chi connectivity index (χ1v) is 5.47. The van der Waals surface area contributed by atoms with Gasteiger partial charge in [-0.05, 0) is 24.1 Å². The van der Waals surface area contributed by atoms with E-state index in [4.69, 9.17) is 11.6 Å². The zero-order chi connectivity index (χ0) is 11.5. The third-order valence-corrected chi connectivity index (χ3v) is 3.02. The van der Waals surface area contributed by atoms with Crippen LogP contribution in [0.5, 0.6) is 0 Å². The van der Waals surface area contributed by atoms with Crippen molar-refractivity contribution in [2.24, 2.45) is 0 Å². The van der Waals surface area contributed by atoms with Crippen LogP contribution in [0, 0.1) is 6.92 Å². The normalized spacial score (nSPS) is 12.7. The van der Waals surface area contributed by atoms with Gasteiger partial charge in [-0.2, -0.15) is 0 Å². The van der Waals surface area contributed by atoms with Crippen LogP contribution in [-0.4, -0.2) is 15.1 Å². The van der Waals surface area contributed by atoms with Crippen molar-refractivity contribution < 1.29 is 5.11 Å². The minimum atomic E-state index is -0.579. The number of halogens is 1. The second kappa shape index (κ2) is 4.68. The van der Waals surface area contributed by atoms with E-state index >= 15 is 0 Å². The number of rotatable bonds is 3. The first-order valence-electron chi connectivity index (χ1n) is 5.10. The summed E-state index contributed by atoms with van der Waals surface area (Å²) >= 11 is 6.01. The number of nitrogens with zero attached hydrogens (tertiary/aromatic N) is 1. The summed E-state index contributed by atoms with van der Waals surface area (Å²) in [5, 5.41) is 10.8. The number of hydrogen-bond acceptors (Lipinski definition) is 2. The molecule has 1 atom stereocenters. The van der Waals surface area contributed by atoms with Gasteiger partial charge in [-0.3, -0.25) is 0 Å². The van der Waals surface area contributed by atoms with Crippen molar-refractivity contribution in [2.75, 3.05) is 0 Å². The summed E-state index contributed by atoms with van der Waals surface area (Å²) in [5.41, 5.74) is 1.77. The van der Waals surface area contributed by atoms with Gasteiger partial charge in [0, 0.05) is 23.8 Å². The number of imidazole rings is 1. The van der Waals surface area contributed by atoms with Crippen molar-refractivity contribution >= 4 is 11.6 Å². The Morgan fingerprint density at radius 3 is 3.00 bits per heavy atom. The Balaban J connectivity index is 2.21. The Hall–Kier alpha value is -1.32. The molecule has 4 heteroatoms. The summed E-state index contributed by atoms with van der Waals surface area (Å²) < 4.78 is 0. The lowest BCUT2D eigenvalue weighted by atomic mass is 10.0. The van der Waals surface area contributed by atoms with Gasteiger partial charge in [0.2, 0.25) is 0 Å². The minimum Gasteiger partial charge on any atom is -0.388 e. The lowest BCUT2D eigenvalue weighted by molar-refractivity contribution is 0.175. The maximum Gasteiger partial charge on any atom is 0.108 e. The molecule has 0 aliphatic heterocycles. The molecule has 2 N–H and O–H groups in total. The maximum absolute atomic E-state index is 10.1. The molecule has 0 radical (unpaired) electrons. The molecule has 2 aromatic rings. The zero-order valence-corrected chi connectivity index (χ0v) is 9.70. The molecule has 0 aliphatic carbocycles. The SMILES string of the molecule is Cc1c(Cl)cccc1C(O)Cc1ncc[nH]1. The highest BCUT2D eigenvalue weighted by Crippen LogP contribution is 2.25. The van der Waals surface area contributed by atoms with Crippen LogP contribution >= 0.6 is 11.6 Å². The Labute approximate surface area is 99.1 Å². The average Bonchev–Trinajstić information content (AvgIpc) is 2.74. The van der Waals surface area contributed by atoms with E-state index in [0.717, 1.165) is 17.0 Å². The minimum absolute atomic E-state index is 0.466. The van der Waals surface area contributed by atoms with Gasteiger partial charge in [-0.25, -0.2) is 4.98 Å². The molecule has 0 amide bonds. The quantitative estimate of drug-likeness (QED) is 0.861. The highest BCUT2D eigenvalue weighted by molar-refractivity contribution is 6.31. The molecule has 0 saturated carbocycles. The van der Waals surface area contributed by atoms with Gasteiger partial charge in [-0.15, -0.1) is 0 Å². The highest BCUT2D eigenvalue weighted by atomic mass is 35.5. The van der Waals surface area contributed by atoms with Gasteiger partial charge < -0.3 is 10.1 Å². The van der Waals surface area contributed by atoms with E-state index in [0.29, 0.717) is 11.4 Å². The Morgan fingerprint density at radius 2 is 2.31 bits per heavy atom. The number of benzene rings is 1. The monoisotopic (exact) mass is 236 g/mol. The molecule has 0 spiro atoms. The zero-order valence-electron chi connectivity index (χ0n) is 8.94. The van der Waals surface area contributed by atoms with Crippen LogP contribution in [0.25, 0.3) is 0 Å². The van der Waals surface area contributed by atoms with E-state index in [2.05, 4.69) is 9.97 Å². The number of hydrogen-bond donors (Lipinski definition) is 2. The van der Waals surface area contributed by atoms with Crippen LogP contribution < -0.4 is 0 Å². The molecular weight excluding hydrogens is 224 g/mol. The van der Waals surface area contributed by atoms with Crippen molar-refractivity contribution in [1.29, 1.82) is 0 Å². The fraction of sp³-hybridized carbons (Fsp3) is 0.250. The topological polar surface area (TPSA) is 48.9 Å². The molecule has 0 saturated heterocycles. The second-order valence-corrected chi connectivity index (χ2v) is 4.12. The standard InChI is InChI=1S/C12H13ClN2O/c1-8-9(3-2-4-10(8)13)11(16)7-12-14-5-6-15-12/h2-6,11,16H,7H2,1H3,(H,14,15). The summed E-state index contributed by atoms with van der Waals surface area (Å²) in [6.07, 6.45) is 3.30. The van der Waals surface area contributed by atoms with Gasteiger partial charge in [0.25, 0.3) is 0 Å². The molecule has 84 valence electrons. The first-order chi connectivity index (χ1) is 7.68. The average molecular weight is 237 g/mol. The molecule has 0 bridgehead atoms. The van der Waals surface area contributed by atoms with Gasteiger partial charge >= 0.3 is 0 Å². The van der Waals surface area contributed by atoms with Crippen molar-refractivity contribution in [2.45, 2.75) is 19.4 Å². The van der Waals surface area contributed by atoms with Crippen molar-refractivity contribution in [3.8, 4) is 0 Å². The van der Waals surface area contributed by atoms with Gasteiger partial charge in [0.1, 0.15) is 5.82 Å². The van der Waals surface area contributed by atoms with Gasteiger partial charge in [0.05, 0.1) is 6.10 Å². The summed E-state index contributed by atoms with van der Waals surface area (Å²) in [7, 11) is 0. The third-order valence-electron chi connectivity index (χ3n) is 2.61. The Kier molecular flexibility index (Phi) is 3.27. The number of aliphatic hydroxyl groups is 1. The molecule has 3 nitrogen and oxygen atoms in total. The van der Waals surface area contributed by atoms with Crippen molar-refractivity contribution in [3.05, 3.63) is 52.6 Å². The summed E-state index contributed by atoms with van der Waals surface area (Å²) in [6, 6.07) is 5.55. The number of nitrogens with one attached hydrogen (secondary N) is 1. The second-order valence-electron chi connectivity index (χ2n) is 3.71. The maximum atomic E-state index is 10.1. The van der Waals surface area contributed by atoms with E-state index in [1.54, 1.807) is 12.4 Å². The number of H-pyrrole nitrogens is 1. The molecular formula is C12H13ClN2O. The molecule has 1 aromatic carbocycles. The number of aromatic nitrogens is 2. The van der Waals surface area contributed by atoms with Gasteiger partial charge in [0.15, 0.2) is 0 Å². The summed E-state index contributed by atoms with van der Waals surface area (Å²) in [4.78, 5) is 7.05. The lowest BCUT2D eigenvalue weighted by Crippen LogP contribution is -2.05. The van der Waals surface area contributed by atoms with Crippen molar-refractivity contribution in [1.82, 2.24) is 9.97 Å². The largest absolute Gasteiger partial charge is 0.388 e. The Bertz CT molecular complexity index is 468. The molecule has 2 rings (SSSR count). The molecule has 1 unspecified atom stereocenters. The number of aromatic amines is 1. The fourth-order valence-electron chi connectivity index (χ4n) is 1.69. The van der Waals surface area contributed by atoms with E-state index in [1.165, 1.54) is 0 Å². The van der Waals surface area contributed by atoms with Gasteiger partial charge in [-0.1, -0.05) is 23.7 Å². The van der Waals surface area contributed by atoms with E-state index in [1.807, 2.05) is 25.1 Å². The van der Waals surface area contributed by atoms with Crippen LogP contribution in [0.2, 0.25) is 5.02 Å². The molecule has 1 heterocycles. The van der Waals surface area contributed by atoms with Crippen molar-refractivity contribution in [3.63, 3.8) is 0 Å².